The maximum atomic E-state index is 12.2. The molecule has 1 fully saturated rings. The van der Waals surface area contributed by atoms with Gasteiger partial charge in [0.15, 0.2) is 0 Å². The monoisotopic (exact) mass is 319 g/mol. The molecule has 7 heteroatoms. The SMILES string of the molecule is CCOC(=O)c1ccccc1NC(=O)CN1CCN(C=O)CC1. The quantitative estimate of drug-likeness (QED) is 0.613. The summed E-state index contributed by atoms with van der Waals surface area (Å²) in [5.41, 5.74) is 0.788. The highest BCUT2D eigenvalue weighted by Crippen LogP contribution is 2.16. The molecule has 1 aliphatic heterocycles. The second-order valence-electron chi connectivity index (χ2n) is 5.23. The molecule has 0 atom stereocenters. The van der Waals surface area contributed by atoms with E-state index in [1.807, 2.05) is 4.90 Å². The van der Waals surface area contributed by atoms with Gasteiger partial charge in [-0.2, -0.15) is 0 Å². The first-order valence-electron chi connectivity index (χ1n) is 7.61. The zero-order chi connectivity index (χ0) is 16.7. The van der Waals surface area contributed by atoms with Gasteiger partial charge in [0, 0.05) is 26.2 Å². The van der Waals surface area contributed by atoms with Crippen LogP contribution >= 0.6 is 0 Å². The lowest BCUT2D eigenvalue weighted by Crippen LogP contribution is -2.48. The molecule has 2 rings (SSSR count). The maximum Gasteiger partial charge on any atom is 0.340 e. The number of nitrogens with one attached hydrogen (secondary N) is 1. The zero-order valence-corrected chi connectivity index (χ0v) is 13.2. The second kappa shape index (κ2) is 8.28. The van der Waals surface area contributed by atoms with Crippen molar-refractivity contribution in [1.29, 1.82) is 0 Å². The van der Waals surface area contributed by atoms with E-state index >= 15 is 0 Å². The molecule has 1 heterocycles. The summed E-state index contributed by atoms with van der Waals surface area (Å²) in [6, 6.07) is 6.77. The Kier molecular flexibility index (Phi) is 6.10. The number of esters is 1. The minimum absolute atomic E-state index is 0.193. The lowest BCUT2D eigenvalue weighted by molar-refractivity contribution is -0.120. The van der Waals surface area contributed by atoms with Crippen LogP contribution in [0.3, 0.4) is 0 Å². The number of para-hydroxylation sites is 1. The molecule has 0 aliphatic carbocycles. The second-order valence-corrected chi connectivity index (χ2v) is 5.23. The van der Waals surface area contributed by atoms with Crippen LogP contribution in [0.4, 0.5) is 5.69 Å². The van der Waals surface area contributed by atoms with E-state index in [1.165, 1.54) is 0 Å². The van der Waals surface area contributed by atoms with Gasteiger partial charge in [0.25, 0.3) is 0 Å². The molecular formula is C16H21N3O4. The number of anilines is 1. The Morgan fingerprint density at radius 1 is 1.22 bits per heavy atom. The van der Waals surface area contributed by atoms with E-state index in [9.17, 15) is 14.4 Å². The van der Waals surface area contributed by atoms with Gasteiger partial charge in [-0.05, 0) is 19.1 Å². The summed E-state index contributed by atoms with van der Waals surface area (Å²) in [5.74, 6) is -0.649. The number of ether oxygens (including phenoxy) is 1. The van der Waals surface area contributed by atoms with Crippen LogP contribution in [-0.2, 0) is 14.3 Å². The van der Waals surface area contributed by atoms with Crippen molar-refractivity contribution >= 4 is 24.0 Å². The molecule has 1 aromatic carbocycles. The van der Waals surface area contributed by atoms with Crippen LogP contribution in [0.1, 0.15) is 17.3 Å². The summed E-state index contributed by atoms with van der Waals surface area (Å²) >= 11 is 0. The number of hydrogen-bond acceptors (Lipinski definition) is 5. The number of carbonyl (C=O) groups excluding carboxylic acids is 3. The van der Waals surface area contributed by atoms with Crippen molar-refractivity contribution in [3.8, 4) is 0 Å². The van der Waals surface area contributed by atoms with E-state index in [-0.39, 0.29) is 19.1 Å². The fraction of sp³-hybridized carbons (Fsp3) is 0.438. The van der Waals surface area contributed by atoms with Crippen molar-refractivity contribution in [2.75, 3.05) is 44.6 Å². The molecule has 1 aromatic rings. The molecular weight excluding hydrogens is 298 g/mol. The lowest BCUT2D eigenvalue weighted by atomic mass is 10.2. The van der Waals surface area contributed by atoms with Crippen LogP contribution < -0.4 is 5.32 Å². The Labute approximate surface area is 135 Å². The predicted octanol–water partition coefficient (Wildman–Crippen LogP) is 0.576. The Balaban J connectivity index is 1.93. The zero-order valence-electron chi connectivity index (χ0n) is 13.2. The van der Waals surface area contributed by atoms with E-state index in [4.69, 9.17) is 4.74 Å². The number of piperazine rings is 1. The average molecular weight is 319 g/mol. The molecule has 1 aliphatic rings. The number of carbonyl (C=O) groups is 3. The van der Waals surface area contributed by atoms with E-state index in [1.54, 1.807) is 36.1 Å². The number of hydrogen-bond donors (Lipinski definition) is 1. The number of benzene rings is 1. The molecule has 1 N–H and O–H groups in total. The normalized spacial score (nSPS) is 15.1. The predicted molar refractivity (Wildman–Crippen MR) is 85.1 cm³/mol. The van der Waals surface area contributed by atoms with Crippen molar-refractivity contribution in [2.24, 2.45) is 0 Å². The van der Waals surface area contributed by atoms with Gasteiger partial charge in [-0.25, -0.2) is 4.79 Å². The van der Waals surface area contributed by atoms with Gasteiger partial charge in [0.05, 0.1) is 24.4 Å². The molecule has 0 saturated carbocycles. The molecule has 0 radical (unpaired) electrons. The number of amides is 2. The highest BCUT2D eigenvalue weighted by Gasteiger charge is 2.19. The Hall–Kier alpha value is -2.41. The summed E-state index contributed by atoms with van der Waals surface area (Å²) in [6.07, 6.45) is 0.826. The van der Waals surface area contributed by atoms with Crippen LogP contribution in [0, 0.1) is 0 Å². The first-order valence-corrected chi connectivity index (χ1v) is 7.61. The van der Waals surface area contributed by atoms with E-state index in [0.29, 0.717) is 37.4 Å². The van der Waals surface area contributed by atoms with Crippen molar-refractivity contribution in [2.45, 2.75) is 6.92 Å². The molecule has 0 aromatic heterocycles. The maximum absolute atomic E-state index is 12.2. The summed E-state index contributed by atoms with van der Waals surface area (Å²) in [4.78, 5) is 38.4. The number of nitrogens with zero attached hydrogens (tertiary/aromatic N) is 2. The third-order valence-electron chi connectivity index (χ3n) is 3.62. The van der Waals surface area contributed by atoms with Crippen molar-refractivity contribution in [3.63, 3.8) is 0 Å². The fourth-order valence-corrected chi connectivity index (χ4v) is 2.40. The van der Waals surface area contributed by atoms with E-state index in [0.717, 1.165) is 6.41 Å². The van der Waals surface area contributed by atoms with Crippen molar-refractivity contribution in [1.82, 2.24) is 9.80 Å². The standard InChI is InChI=1S/C16H21N3O4/c1-2-23-16(22)13-5-3-4-6-14(13)17-15(21)11-18-7-9-19(12-20)10-8-18/h3-6,12H,2,7-11H2,1H3,(H,17,21). The van der Waals surface area contributed by atoms with E-state index in [2.05, 4.69) is 5.32 Å². The van der Waals surface area contributed by atoms with Gasteiger partial charge < -0.3 is 15.0 Å². The van der Waals surface area contributed by atoms with Crippen LogP contribution in [-0.4, -0.2) is 67.4 Å². The van der Waals surface area contributed by atoms with Crippen molar-refractivity contribution < 1.29 is 19.1 Å². The number of rotatable bonds is 6. The minimum Gasteiger partial charge on any atom is -0.462 e. The Morgan fingerprint density at radius 2 is 1.91 bits per heavy atom. The summed E-state index contributed by atoms with van der Waals surface area (Å²) < 4.78 is 4.99. The van der Waals surface area contributed by atoms with Gasteiger partial charge >= 0.3 is 5.97 Å². The molecule has 7 nitrogen and oxygen atoms in total. The molecule has 0 spiro atoms. The molecule has 1 saturated heterocycles. The van der Waals surface area contributed by atoms with Crippen molar-refractivity contribution in [3.05, 3.63) is 29.8 Å². The van der Waals surface area contributed by atoms with Gasteiger partial charge in [0.1, 0.15) is 0 Å². The summed E-state index contributed by atoms with van der Waals surface area (Å²) in [5, 5.41) is 2.76. The van der Waals surface area contributed by atoms with Gasteiger partial charge in [-0.15, -0.1) is 0 Å². The lowest BCUT2D eigenvalue weighted by Gasteiger charge is -2.31. The summed E-state index contributed by atoms with van der Waals surface area (Å²) in [6.45, 7) is 4.80. The van der Waals surface area contributed by atoms with Crippen LogP contribution in [0.5, 0.6) is 0 Å². The molecule has 124 valence electrons. The van der Waals surface area contributed by atoms with Gasteiger partial charge in [0.2, 0.25) is 12.3 Å². The van der Waals surface area contributed by atoms with Gasteiger partial charge in [-0.1, -0.05) is 12.1 Å². The highest BCUT2D eigenvalue weighted by atomic mass is 16.5. The van der Waals surface area contributed by atoms with Crippen LogP contribution in [0.2, 0.25) is 0 Å². The largest absolute Gasteiger partial charge is 0.462 e. The van der Waals surface area contributed by atoms with Crippen LogP contribution in [0.25, 0.3) is 0 Å². The molecule has 0 unspecified atom stereocenters. The third kappa shape index (κ3) is 4.79. The van der Waals surface area contributed by atoms with E-state index < -0.39 is 5.97 Å². The first kappa shape index (κ1) is 17.0. The Morgan fingerprint density at radius 3 is 2.57 bits per heavy atom. The molecule has 2 amide bonds. The third-order valence-corrected chi connectivity index (χ3v) is 3.62. The van der Waals surface area contributed by atoms with Gasteiger partial charge in [-0.3, -0.25) is 14.5 Å². The van der Waals surface area contributed by atoms with Crippen LogP contribution in [0.15, 0.2) is 24.3 Å². The molecule has 23 heavy (non-hydrogen) atoms. The summed E-state index contributed by atoms with van der Waals surface area (Å²) in [7, 11) is 0. The topological polar surface area (TPSA) is 79.0 Å². The Bertz CT molecular complexity index is 568. The highest BCUT2D eigenvalue weighted by molar-refractivity contribution is 6.01. The molecule has 0 bridgehead atoms. The average Bonchev–Trinajstić information content (AvgIpc) is 2.56. The first-order chi connectivity index (χ1) is 11.1. The smallest absolute Gasteiger partial charge is 0.340 e. The minimum atomic E-state index is -0.456. The fourth-order valence-electron chi connectivity index (χ4n) is 2.40.